The zero-order valence-electron chi connectivity index (χ0n) is 15.5. The first kappa shape index (κ1) is 16.9. The number of likely N-dealkylation sites (N-methyl/N-ethyl adjacent to an activating group) is 1. The Bertz CT molecular complexity index is 808. The highest BCUT2D eigenvalue weighted by Crippen LogP contribution is 2.51. The van der Waals surface area contributed by atoms with Crippen LogP contribution >= 0.6 is 0 Å². The highest BCUT2D eigenvalue weighted by molar-refractivity contribution is 5.94. The van der Waals surface area contributed by atoms with E-state index in [2.05, 4.69) is 11.9 Å². The number of rotatable bonds is 2. The van der Waals surface area contributed by atoms with Crippen LogP contribution in [-0.2, 0) is 14.3 Å². The highest BCUT2D eigenvalue weighted by atomic mass is 16.7. The molecule has 3 heterocycles. The highest BCUT2D eigenvalue weighted by Gasteiger charge is 2.55. The normalized spacial score (nSPS) is 33.7. The molecule has 1 aromatic rings. The number of carbonyl (C=O) groups is 2. The van der Waals surface area contributed by atoms with Crippen LogP contribution in [0.5, 0.6) is 11.5 Å². The third kappa shape index (κ3) is 2.51. The summed E-state index contributed by atoms with van der Waals surface area (Å²) in [7, 11) is 2.11. The molecule has 0 unspecified atom stereocenters. The van der Waals surface area contributed by atoms with Gasteiger partial charge in [-0.15, -0.1) is 0 Å². The quantitative estimate of drug-likeness (QED) is 0.735. The molecule has 0 N–H and O–H groups in total. The Morgan fingerprint density at radius 3 is 2.85 bits per heavy atom. The summed E-state index contributed by atoms with van der Waals surface area (Å²) >= 11 is 0. The van der Waals surface area contributed by atoms with Gasteiger partial charge in [-0.25, -0.2) is 4.79 Å². The van der Waals surface area contributed by atoms with Crippen molar-refractivity contribution in [2.75, 3.05) is 20.4 Å². The molecule has 0 amide bonds. The maximum absolute atomic E-state index is 12.7. The molecule has 0 radical (unpaired) electrons. The third-order valence-corrected chi connectivity index (χ3v) is 6.41. The van der Waals surface area contributed by atoms with E-state index in [9.17, 15) is 9.59 Å². The zero-order valence-corrected chi connectivity index (χ0v) is 15.5. The van der Waals surface area contributed by atoms with Crippen LogP contribution in [-0.4, -0.2) is 55.5 Å². The largest absolute Gasteiger partial charge is 0.458 e. The number of hydrogen-bond acceptors (Lipinski definition) is 7. The molecule has 1 saturated carbocycles. The van der Waals surface area contributed by atoms with Gasteiger partial charge in [0.1, 0.15) is 12.2 Å². The molecule has 27 heavy (non-hydrogen) atoms. The molecule has 2 fully saturated rings. The van der Waals surface area contributed by atoms with Gasteiger partial charge < -0.3 is 23.8 Å². The van der Waals surface area contributed by atoms with Gasteiger partial charge >= 0.3 is 11.9 Å². The van der Waals surface area contributed by atoms with Crippen molar-refractivity contribution in [1.82, 2.24) is 4.90 Å². The van der Waals surface area contributed by atoms with Crippen LogP contribution in [0.25, 0.3) is 0 Å². The van der Waals surface area contributed by atoms with Crippen molar-refractivity contribution < 1.29 is 28.5 Å². The van der Waals surface area contributed by atoms with Crippen LogP contribution in [0.4, 0.5) is 0 Å². The van der Waals surface area contributed by atoms with Crippen LogP contribution < -0.4 is 9.47 Å². The molecule has 1 aromatic carbocycles. The van der Waals surface area contributed by atoms with Crippen LogP contribution in [0.15, 0.2) is 12.1 Å². The number of fused-ring (bicyclic) bond motifs is 6. The summed E-state index contributed by atoms with van der Waals surface area (Å²) in [4.78, 5) is 27.1. The predicted molar refractivity (Wildman–Crippen MR) is 93.8 cm³/mol. The fourth-order valence-corrected chi connectivity index (χ4v) is 5.21. The molecule has 3 aliphatic heterocycles. The van der Waals surface area contributed by atoms with Crippen LogP contribution in [0.1, 0.15) is 48.0 Å². The van der Waals surface area contributed by atoms with Gasteiger partial charge in [0.25, 0.3) is 0 Å². The van der Waals surface area contributed by atoms with E-state index in [0.717, 1.165) is 24.9 Å². The molecule has 1 aliphatic carbocycles. The van der Waals surface area contributed by atoms with Crippen molar-refractivity contribution in [3.8, 4) is 11.5 Å². The summed E-state index contributed by atoms with van der Waals surface area (Å²) in [6.07, 6.45) is 1.22. The van der Waals surface area contributed by atoms with E-state index in [1.54, 1.807) is 13.0 Å². The molecule has 144 valence electrons. The number of ether oxygens (including phenoxy) is 4. The summed E-state index contributed by atoms with van der Waals surface area (Å²) in [6, 6.07) is 3.89. The lowest BCUT2D eigenvalue weighted by atomic mass is 9.69. The van der Waals surface area contributed by atoms with E-state index in [-0.39, 0.29) is 30.7 Å². The predicted octanol–water partition coefficient (Wildman–Crippen LogP) is 2.08. The zero-order chi connectivity index (χ0) is 18.7. The van der Waals surface area contributed by atoms with Gasteiger partial charge in [0.05, 0.1) is 5.56 Å². The number of carbonyl (C=O) groups excluding carboxylic acids is 2. The minimum absolute atomic E-state index is 0.0480. The molecule has 0 aromatic heterocycles. The van der Waals surface area contributed by atoms with Gasteiger partial charge in [-0.2, -0.15) is 0 Å². The van der Waals surface area contributed by atoms with Crippen molar-refractivity contribution >= 4 is 11.9 Å². The van der Waals surface area contributed by atoms with E-state index in [1.807, 2.05) is 6.07 Å². The van der Waals surface area contributed by atoms with Crippen LogP contribution in [0.2, 0.25) is 0 Å². The Morgan fingerprint density at radius 2 is 2.07 bits per heavy atom. The summed E-state index contributed by atoms with van der Waals surface area (Å²) < 4.78 is 22.6. The lowest BCUT2D eigenvalue weighted by Gasteiger charge is -2.47. The van der Waals surface area contributed by atoms with E-state index in [0.29, 0.717) is 29.4 Å². The van der Waals surface area contributed by atoms with E-state index >= 15 is 0 Å². The molecule has 5 atom stereocenters. The van der Waals surface area contributed by atoms with E-state index < -0.39 is 12.2 Å². The van der Waals surface area contributed by atoms with Gasteiger partial charge in [-0.1, -0.05) is 6.92 Å². The fraction of sp³-hybridized carbons (Fsp3) is 0.600. The number of nitrogens with zero attached hydrogens (tertiary/aromatic N) is 1. The molecule has 5 rings (SSSR count). The Kier molecular flexibility index (Phi) is 3.82. The maximum atomic E-state index is 12.7. The van der Waals surface area contributed by atoms with Gasteiger partial charge in [-0.05, 0) is 50.0 Å². The SMILES string of the molecule is CCC(=O)O[C@H]1C[C@H]2CCN(C)[C@H]2[C@@H]2c3cc4c(cc3C(=O)O[C@H]21)OCO4. The fourth-order valence-electron chi connectivity index (χ4n) is 5.21. The van der Waals surface area contributed by atoms with E-state index in [1.165, 1.54) is 0 Å². The van der Waals surface area contributed by atoms with Crippen molar-refractivity contribution in [1.29, 1.82) is 0 Å². The second kappa shape index (κ2) is 6.12. The number of hydrogen-bond donors (Lipinski definition) is 0. The molecule has 7 nitrogen and oxygen atoms in total. The standard InChI is InChI=1S/C20H23NO6/c1-3-16(22)26-15-6-10-4-5-21(2)18(10)17-11-7-13-14(25-9-24-13)8-12(11)20(23)27-19(15)17/h7-8,10,15,17-19H,3-6,9H2,1-2H3/t10-,15+,17+,18-,19+/m1/s1. The second-order valence-electron chi connectivity index (χ2n) is 7.83. The van der Waals surface area contributed by atoms with Gasteiger partial charge in [0.15, 0.2) is 11.5 Å². The second-order valence-corrected chi connectivity index (χ2v) is 7.83. The minimum atomic E-state index is -0.470. The molecular formula is C20H23NO6. The number of benzene rings is 1. The smallest absolute Gasteiger partial charge is 0.338 e. The summed E-state index contributed by atoms with van der Waals surface area (Å²) in [5.41, 5.74) is 1.45. The molecular weight excluding hydrogens is 350 g/mol. The average Bonchev–Trinajstić information content (AvgIpc) is 3.27. The number of esters is 2. The Hall–Kier alpha value is -2.28. The van der Waals surface area contributed by atoms with Gasteiger partial charge in [-0.3, -0.25) is 4.79 Å². The maximum Gasteiger partial charge on any atom is 0.338 e. The van der Waals surface area contributed by atoms with Crippen molar-refractivity contribution in [3.63, 3.8) is 0 Å². The topological polar surface area (TPSA) is 74.3 Å². The van der Waals surface area contributed by atoms with Gasteiger partial charge in [0, 0.05) is 18.4 Å². The lowest BCUT2D eigenvalue weighted by molar-refractivity contribution is -0.163. The average molecular weight is 373 g/mol. The van der Waals surface area contributed by atoms with Crippen molar-refractivity contribution in [2.24, 2.45) is 5.92 Å². The van der Waals surface area contributed by atoms with Crippen LogP contribution in [0, 0.1) is 5.92 Å². The molecule has 4 aliphatic rings. The van der Waals surface area contributed by atoms with E-state index in [4.69, 9.17) is 18.9 Å². The first-order valence-electron chi connectivity index (χ1n) is 9.61. The van der Waals surface area contributed by atoms with Crippen molar-refractivity contribution in [2.45, 2.75) is 50.4 Å². The Morgan fingerprint density at radius 1 is 1.30 bits per heavy atom. The first-order valence-corrected chi connectivity index (χ1v) is 9.61. The third-order valence-electron chi connectivity index (χ3n) is 6.41. The molecule has 0 spiro atoms. The summed E-state index contributed by atoms with van der Waals surface area (Å²) in [5, 5.41) is 0. The summed E-state index contributed by atoms with van der Waals surface area (Å²) in [5.74, 6) is 0.948. The molecule has 1 saturated heterocycles. The minimum Gasteiger partial charge on any atom is -0.458 e. The summed E-state index contributed by atoms with van der Waals surface area (Å²) in [6.45, 7) is 2.92. The number of likely N-dealkylation sites (tertiary alicyclic amines) is 1. The van der Waals surface area contributed by atoms with Gasteiger partial charge in [0.2, 0.25) is 6.79 Å². The Balaban J connectivity index is 1.60. The Labute approximate surface area is 157 Å². The lowest BCUT2D eigenvalue weighted by Crippen LogP contribution is -2.55. The monoisotopic (exact) mass is 373 g/mol. The van der Waals surface area contributed by atoms with Crippen molar-refractivity contribution in [3.05, 3.63) is 23.3 Å². The molecule has 0 bridgehead atoms. The molecule has 7 heteroatoms. The van der Waals surface area contributed by atoms with Crippen LogP contribution in [0.3, 0.4) is 0 Å². The first-order chi connectivity index (χ1) is 13.1.